The van der Waals surface area contributed by atoms with Gasteiger partial charge in [0.1, 0.15) is 0 Å². The Morgan fingerprint density at radius 3 is 1.48 bits per heavy atom. The van der Waals surface area contributed by atoms with E-state index in [1.165, 1.54) is 88.4 Å². The molecule has 0 fully saturated rings. The van der Waals surface area contributed by atoms with Crippen LogP contribution in [0.4, 0.5) is 0 Å². The van der Waals surface area contributed by atoms with Gasteiger partial charge in [0.25, 0.3) is 0 Å². The van der Waals surface area contributed by atoms with Crippen LogP contribution in [0.1, 0.15) is 27.8 Å². The lowest BCUT2D eigenvalue weighted by Gasteiger charge is -2.39. The third-order valence-corrected chi connectivity index (χ3v) is 17.0. The smallest absolute Gasteiger partial charge is 0.0713 e. The SMILES string of the molecule is C1=CC2C=CC=C(C3=CC=C(C=CC4=CC=C(C5=c6ccccc6=C(c6ccc7c(c6)C(c6ccccc6)(c6ccccc6)c6ccccc6-7)C6C=CC=CC56)C5C=CC=CC45)C4C=CC=CC34)C2C=C1. The first-order valence-corrected chi connectivity index (χ1v) is 25.8. The van der Waals surface area contributed by atoms with Gasteiger partial charge in [-0.3, -0.25) is 0 Å². The number of benzene rings is 5. The summed E-state index contributed by atoms with van der Waals surface area (Å²) in [6.45, 7) is 0. The molecule has 71 heavy (non-hydrogen) atoms. The molecule has 0 aliphatic heterocycles. The quantitative estimate of drug-likeness (QED) is 0.150. The van der Waals surface area contributed by atoms with Crippen LogP contribution < -0.4 is 10.4 Å². The Labute approximate surface area is 418 Å². The van der Waals surface area contributed by atoms with E-state index in [2.05, 4.69) is 279 Å². The third-order valence-electron chi connectivity index (χ3n) is 17.0. The van der Waals surface area contributed by atoms with E-state index in [1.807, 2.05) is 0 Å². The number of hydrogen-bond acceptors (Lipinski definition) is 0. The summed E-state index contributed by atoms with van der Waals surface area (Å²) < 4.78 is 0. The van der Waals surface area contributed by atoms with E-state index in [1.54, 1.807) is 0 Å². The summed E-state index contributed by atoms with van der Waals surface area (Å²) in [6, 6.07) is 48.1. The maximum Gasteiger partial charge on any atom is 0.0713 e. The molecule has 9 aliphatic carbocycles. The van der Waals surface area contributed by atoms with E-state index in [0.717, 1.165) is 0 Å². The van der Waals surface area contributed by atoms with Crippen molar-refractivity contribution in [1.82, 2.24) is 0 Å². The van der Waals surface area contributed by atoms with E-state index in [4.69, 9.17) is 0 Å². The van der Waals surface area contributed by atoms with Crippen LogP contribution in [0.25, 0.3) is 22.3 Å². The lowest BCUT2D eigenvalue weighted by Crippen LogP contribution is -2.41. The Hall–Kier alpha value is -8.06. The fourth-order valence-corrected chi connectivity index (χ4v) is 13.9. The predicted molar refractivity (Wildman–Crippen MR) is 295 cm³/mol. The van der Waals surface area contributed by atoms with Gasteiger partial charge in [0, 0.05) is 47.3 Å². The second-order valence-electron chi connectivity index (χ2n) is 20.4. The molecule has 0 saturated carbocycles. The van der Waals surface area contributed by atoms with Crippen molar-refractivity contribution in [3.8, 4) is 11.1 Å². The molecule has 0 heteroatoms. The number of fused-ring (bicyclic) bond motifs is 8. The molecule has 0 saturated heterocycles. The van der Waals surface area contributed by atoms with Gasteiger partial charge in [-0.05, 0) is 94.5 Å². The van der Waals surface area contributed by atoms with Crippen LogP contribution in [0, 0.1) is 47.3 Å². The molecule has 5 aromatic carbocycles. The van der Waals surface area contributed by atoms with Gasteiger partial charge in [0.2, 0.25) is 0 Å². The summed E-state index contributed by atoms with van der Waals surface area (Å²) in [7, 11) is 0. The van der Waals surface area contributed by atoms with Crippen LogP contribution in [0.5, 0.6) is 0 Å². The second-order valence-corrected chi connectivity index (χ2v) is 20.4. The monoisotopic (exact) mass is 906 g/mol. The molecule has 8 atom stereocenters. The molecule has 0 spiro atoms. The summed E-state index contributed by atoms with van der Waals surface area (Å²) in [6.07, 6.45) is 58.9. The standard InChI is InChI=1S/C71H54/c1-3-22-51(23-4-1)71(52-24-5-2-6-25-52)67-37-18-17-31-60(67)61-44-42-50(46-68(61)71)69-62-32-13-15-34-64(62)70(65-35-16-14-33-63(65)69)66-45-41-49(55-28-10-12-30-58(55)66)39-38-48-40-43-59(56-29-11-9-27-54(48)56)57-36-19-21-47-20-7-8-26-53(47)57/h1-47,53-56,58,62,64H. The van der Waals surface area contributed by atoms with Crippen molar-refractivity contribution in [3.05, 3.63) is 345 Å². The Bertz CT molecular complexity index is 3620. The average molecular weight is 907 g/mol. The minimum atomic E-state index is -0.461. The van der Waals surface area contributed by atoms with Crippen molar-refractivity contribution < 1.29 is 0 Å². The van der Waals surface area contributed by atoms with Crippen molar-refractivity contribution in [3.63, 3.8) is 0 Å². The Balaban J connectivity index is 0.897. The molecule has 0 aromatic heterocycles. The van der Waals surface area contributed by atoms with E-state index < -0.39 is 5.41 Å². The number of hydrogen-bond donors (Lipinski definition) is 0. The molecule has 0 radical (unpaired) electrons. The molecular weight excluding hydrogens is 853 g/mol. The molecule has 338 valence electrons. The minimum absolute atomic E-state index is 0.168. The van der Waals surface area contributed by atoms with E-state index in [-0.39, 0.29) is 23.7 Å². The van der Waals surface area contributed by atoms with Crippen molar-refractivity contribution in [1.29, 1.82) is 0 Å². The second kappa shape index (κ2) is 17.1. The normalized spacial score (nSPS) is 27.4. The molecule has 0 heterocycles. The average Bonchev–Trinajstić information content (AvgIpc) is 3.74. The molecular formula is C71H54. The van der Waals surface area contributed by atoms with Crippen molar-refractivity contribution in [2.24, 2.45) is 47.3 Å². The van der Waals surface area contributed by atoms with Crippen LogP contribution in [0.3, 0.4) is 0 Å². The maximum atomic E-state index is 2.56. The number of rotatable bonds is 7. The van der Waals surface area contributed by atoms with Crippen molar-refractivity contribution >= 4 is 11.1 Å². The lowest BCUT2D eigenvalue weighted by molar-refractivity contribution is 0.563. The molecule has 0 N–H and O–H groups in total. The molecule has 5 aromatic rings. The first-order chi connectivity index (χ1) is 35.3. The maximum absolute atomic E-state index is 2.56. The van der Waals surface area contributed by atoms with Crippen LogP contribution in [-0.2, 0) is 5.41 Å². The molecule has 9 aliphatic rings. The van der Waals surface area contributed by atoms with Crippen LogP contribution in [0.2, 0.25) is 0 Å². The molecule has 8 unspecified atom stereocenters. The predicted octanol–water partition coefficient (Wildman–Crippen LogP) is 14.6. The topological polar surface area (TPSA) is 0 Å². The van der Waals surface area contributed by atoms with Gasteiger partial charge in [-0.15, -0.1) is 0 Å². The Morgan fingerprint density at radius 2 is 0.803 bits per heavy atom. The first-order valence-electron chi connectivity index (χ1n) is 25.8. The first kappa shape index (κ1) is 41.9. The van der Waals surface area contributed by atoms with Gasteiger partial charge >= 0.3 is 0 Å². The van der Waals surface area contributed by atoms with Gasteiger partial charge < -0.3 is 0 Å². The highest BCUT2D eigenvalue weighted by atomic mass is 14.5. The van der Waals surface area contributed by atoms with E-state index in [9.17, 15) is 0 Å². The molecule has 14 rings (SSSR count). The third kappa shape index (κ3) is 6.58. The van der Waals surface area contributed by atoms with Crippen LogP contribution >= 0.6 is 0 Å². The minimum Gasteiger partial charge on any atom is -0.0767 e. The van der Waals surface area contributed by atoms with E-state index >= 15 is 0 Å². The van der Waals surface area contributed by atoms with Crippen LogP contribution in [0.15, 0.2) is 307 Å². The molecule has 0 nitrogen and oxygen atoms in total. The fourth-order valence-electron chi connectivity index (χ4n) is 13.9. The summed E-state index contributed by atoms with van der Waals surface area (Å²) in [5.41, 5.74) is 18.6. The zero-order valence-electron chi connectivity index (χ0n) is 39.7. The van der Waals surface area contributed by atoms with Gasteiger partial charge in [-0.1, -0.05) is 273 Å². The Morgan fingerprint density at radius 1 is 0.324 bits per heavy atom. The largest absolute Gasteiger partial charge is 0.0767 e. The zero-order valence-corrected chi connectivity index (χ0v) is 39.7. The fraction of sp³-hybridized carbons (Fsp3) is 0.127. The summed E-state index contributed by atoms with van der Waals surface area (Å²) in [5.74, 6) is 2.25. The van der Waals surface area contributed by atoms with Crippen LogP contribution in [-0.4, -0.2) is 0 Å². The van der Waals surface area contributed by atoms with Gasteiger partial charge in [0.15, 0.2) is 0 Å². The Kier molecular flexibility index (Phi) is 10.1. The molecule has 0 bridgehead atoms. The van der Waals surface area contributed by atoms with Gasteiger partial charge in [-0.25, -0.2) is 0 Å². The summed E-state index contributed by atoms with van der Waals surface area (Å²) >= 11 is 0. The highest BCUT2D eigenvalue weighted by Crippen LogP contribution is 2.57. The van der Waals surface area contributed by atoms with Gasteiger partial charge in [-0.2, -0.15) is 0 Å². The zero-order chi connectivity index (χ0) is 46.9. The highest BCUT2D eigenvalue weighted by molar-refractivity contribution is 5.89. The summed E-state index contributed by atoms with van der Waals surface area (Å²) in [5, 5.41) is 2.68. The van der Waals surface area contributed by atoms with Crippen molar-refractivity contribution in [2.45, 2.75) is 5.41 Å². The molecule has 0 amide bonds. The number of allylic oxidation sites excluding steroid dienone is 30. The lowest BCUT2D eigenvalue weighted by atomic mass is 9.64. The summed E-state index contributed by atoms with van der Waals surface area (Å²) in [4.78, 5) is 0. The van der Waals surface area contributed by atoms with E-state index in [0.29, 0.717) is 23.7 Å². The van der Waals surface area contributed by atoms with Gasteiger partial charge in [0.05, 0.1) is 5.41 Å². The highest BCUT2D eigenvalue weighted by Gasteiger charge is 2.47. The van der Waals surface area contributed by atoms with Crippen molar-refractivity contribution in [2.75, 3.05) is 0 Å².